The van der Waals surface area contributed by atoms with Crippen molar-refractivity contribution in [2.45, 2.75) is 6.18 Å². The first-order valence-electron chi connectivity index (χ1n) is 6.21. The van der Waals surface area contributed by atoms with Gasteiger partial charge in [0.1, 0.15) is 5.82 Å². The van der Waals surface area contributed by atoms with Gasteiger partial charge >= 0.3 is 25.2 Å². The van der Waals surface area contributed by atoms with Crippen molar-refractivity contribution in [3.63, 3.8) is 0 Å². The van der Waals surface area contributed by atoms with Crippen LogP contribution in [0.2, 0.25) is 0 Å². The molecule has 0 spiro atoms. The standard InChI is InChI=1S/C12H9BBrF4NO4/c1-19-4-10(20)22-13(23-11(21)5-19)7-3-8(14)6(2-9(7)15)12(16,17)18/h2-3H,4-5H2,1H3. The molecule has 0 bridgehead atoms. The van der Waals surface area contributed by atoms with Gasteiger partial charge in [-0.25, -0.2) is 4.39 Å². The van der Waals surface area contributed by atoms with Crippen molar-refractivity contribution in [1.82, 2.24) is 4.90 Å². The van der Waals surface area contributed by atoms with Gasteiger partial charge in [-0.2, -0.15) is 13.2 Å². The number of alkyl halides is 3. The summed E-state index contributed by atoms with van der Waals surface area (Å²) in [6.45, 7) is -0.482. The molecule has 0 amide bonds. The second-order valence-corrected chi connectivity index (χ2v) is 5.69. The molecule has 0 saturated carbocycles. The molecule has 1 saturated heterocycles. The number of rotatable bonds is 1. The zero-order valence-electron chi connectivity index (χ0n) is 11.6. The molecule has 1 aromatic rings. The first-order valence-corrected chi connectivity index (χ1v) is 7.01. The second-order valence-electron chi connectivity index (χ2n) is 4.84. The summed E-state index contributed by atoms with van der Waals surface area (Å²) in [5.74, 6) is -2.92. The highest BCUT2D eigenvalue weighted by atomic mass is 79.9. The highest BCUT2D eigenvalue weighted by molar-refractivity contribution is 9.10. The lowest BCUT2D eigenvalue weighted by atomic mass is 9.77. The van der Waals surface area contributed by atoms with Gasteiger partial charge in [-0.3, -0.25) is 14.5 Å². The lowest BCUT2D eigenvalue weighted by molar-refractivity contribution is -0.145. The number of carbonyl (C=O) groups is 2. The molecule has 1 aliphatic heterocycles. The molecule has 124 valence electrons. The fraction of sp³-hybridized carbons (Fsp3) is 0.333. The first-order chi connectivity index (χ1) is 10.6. The Balaban J connectivity index is 2.38. The monoisotopic (exact) mass is 397 g/mol. The SMILES string of the molecule is CN1CC(=O)OB(c2cc(Br)c(C(F)(F)F)cc2F)OC(=O)C1. The fourth-order valence-corrected chi connectivity index (χ4v) is 2.51. The van der Waals surface area contributed by atoms with E-state index in [9.17, 15) is 27.2 Å². The van der Waals surface area contributed by atoms with E-state index in [-0.39, 0.29) is 19.2 Å². The Bertz CT molecular complexity index is 635. The van der Waals surface area contributed by atoms with Crippen molar-refractivity contribution in [3.05, 3.63) is 28.0 Å². The van der Waals surface area contributed by atoms with E-state index in [2.05, 4.69) is 15.9 Å². The van der Waals surface area contributed by atoms with Crippen LogP contribution in [-0.4, -0.2) is 44.1 Å². The molecular weight excluding hydrogens is 389 g/mol. The number of likely N-dealkylation sites (N-methyl/N-ethyl adjacent to an activating group) is 1. The number of benzene rings is 1. The number of halogens is 5. The summed E-state index contributed by atoms with van der Waals surface area (Å²) in [6, 6.07) is 1.01. The molecule has 1 heterocycles. The van der Waals surface area contributed by atoms with E-state index >= 15 is 0 Å². The van der Waals surface area contributed by atoms with Crippen LogP contribution in [0.15, 0.2) is 16.6 Å². The molecule has 1 aromatic carbocycles. The van der Waals surface area contributed by atoms with Crippen LogP contribution >= 0.6 is 15.9 Å². The maximum Gasteiger partial charge on any atom is 0.639 e. The minimum Gasteiger partial charge on any atom is -0.494 e. The third-order valence-electron chi connectivity index (χ3n) is 2.92. The van der Waals surface area contributed by atoms with E-state index in [1.54, 1.807) is 0 Å². The van der Waals surface area contributed by atoms with Gasteiger partial charge < -0.3 is 9.31 Å². The van der Waals surface area contributed by atoms with Gasteiger partial charge in [-0.1, -0.05) is 15.9 Å². The van der Waals surface area contributed by atoms with E-state index in [4.69, 9.17) is 9.31 Å². The highest BCUT2D eigenvalue weighted by Crippen LogP contribution is 2.34. The number of hydrogen-bond donors (Lipinski definition) is 0. The molecule has 23 heavy (non-hydrogen) atoms. The molecule has 5 nitrogen and oxygen atoms in total. The summed E-state index contributed by atoms with van der Waals surface area (Å²) >= 11 is 2.68. The van der Waals surface area contributed by atoms with Gasteiger partial charge in [0.25, 0.3) is 0 Å². The van der Waals surface area contributed by atoms with Crippen molar-refractivity contribution < 1.29 is 36.5 Å². The smallest absolute Gasteiger partial charge is 0.494 e. The van der Waals surface area contributed by atoms with Gasteiger partial charge in [0, 0.05) is 9.94 Å². The number of hydrogen-bond acceptors (Lipinski definition) is 5. The predicted molar refractivity (Wildman–Crippen MR) is 74.2 cm³/mol. The van der Waals surface area contributed by atoms with Gasteiger partial charge in [0.05, 0.1) is 18.7 Å². The molecule has 0 aliphatic carbocycles. The third-order valence-corrected chi connectivity index (χ3v) is 3.58. The average molecular weight is 398 g/mol. The molecule has 0 unspecified atom stereocenters. The van der Waals surface area contributed by atoms with E-state index in [1.165, 1.54) is 11.9 Å². The minimum absolute atomic E-state index is 0.241. The van der Waals surface area contributed by atoms with Crippen LogP contribution < -0.4 is 5.46 Å². The summed E-state index contributed by atoms with van der Waals surface area (Å²) in [5.41, 5.74) is -1.72. The average Bonchev–Trinajstić information content (AvgIpc) is 2.36. The van der Waals surface area contributed by atoms with Crippen LogP contribution in [0.3, 0.4) is 0 Å². The van der Waals surface area contributed by atoms with Crippen LogP contribution in [-0.2, 0) is 25.1 Å². The maximum atomic E-state index is 14.0. The summed E-state index contributed by atoms with van der Waals surface area (Å²) in [6.07, 6.45) is -4.77. The maximum absolute atomic E-state index is 14.0. The van der Waals surface area contributed by atoms with Crippen molar-refractivity contribution in [2.24, 2.45) is 0 Å². The molecule has 1 aliphatic rings. The third kappa shape index (κ3) is 4.22. The zero-order valence-corrected chi connectivity index (χ0v) is 13.2. The first kappa shape index (κ1) is 17.7. The Morgan fingerprint density at radius 2 is 1.70 bits per heavy atom. The molecular formula is C12H9BBrF4NO4. The fourth-order valence-electron chi connectivity index (χ4n) is 1.92. The quantitative estimate of drug-likeness (QED) is 0.528. The molecule has 0 atom stereocenters. The molecule has 11 heteroatoms. The summed E-state index contributed by atoms with van der Waals surface area (Å²) in [4.78, 5) is 24.5. The van der Waals surface area contributed by atoms with E-state index in [0.29, 0.717) is 0 Å². The topological polar surface area (TPSA) is 55.8 Å². The summed E-state index contributed by atoms with van der Waals surface area (Å²) < 4.78 is 61.3. The number of carbonyl (C=O) groups excluding carboxylic acids is 2. The predicted octanol–water partition coefficient (Wildman–Crippen LogP) is 1.33. The number of nitrogens with zero attached hydrogens (tertiary/aromatic N) is 1. The van der Waals surface area contributed by atoms with Crippen molar-refractivity contribution in [3.8, 4) is 0 Å². The van der Waals surface area contributed by atoms with Crippen LogP contribution in [0.5, 0.6) is 0 Å². The lowest BCUT2D eigenvalue weighted by Gasteiger charge is -2.23. The van der Waals surface area contributed by atoms with Crippen LogP contribution in [0, 0.1) is 5.82 Å². The molecule has 0 radical (unpaired) electrons. The van der Waals surface area contributed by atoms with Gasteiger partial charge in [0.15, 0.2) is 0 Å². The van der Waals surface area contributed by atoms with Crippen LogP contribution in [0.1, 0.15) is 5.56 Å². The molecule has 2 rings (SSSR count). The Morgan fingerprint density at radius 1 is 1.17 bits per heavy atom. The van der Waals surface area contributed by atoms with Gasteiger partial charge in [0.2, 0.25) is 0 Å². The van der Waals surface area contributed by atoms with Crippen molar-refractivity contribution in [2.75, 3.05) is 20.1 Å². The van der Waals surface area contributed by atoms with Crippen LogP contribution in [0.25, 0.3) is 0 Å². The summed E-state index contributed by atoms with van der Waals surface area (Å²) in [5, 5.41) is 0. The molecule has 1 fully saturated rings. The largest absolute Gasteiger partial charge is 0.639 e. The van der Waals surface area contributed by atoms with Gasteiger partial charge in [-0.05, 0) is 19.2 Å². The normalized spacial score (nSPS) is 17.4. The van der Waals surface area contributed by atoms with Gasteiger partial charge in [-0.15, -0.1) is 0 Å². The Hall–Kier alpha value is -1.62. The zero-order chi connectivity index (χ0) is 17.4. The van der Waals surface area contributed by atoms with E-state index < -0.39 is 46.5 Å². The Labute approximate surface area is 136 Å². The minimum atomic E-state index is -4.77. The van der Waals surface area contributed by atoms with Crippen molar-refractivity contribution in [1.29, 1.82) is 0 Å². The molecule has 0 aromatic heterocycles. The Morgan fingerprint density at radius 3 is 2.17 bits per heavy atom. The summed E-state index contributed by atoms with van der Waals surface area (Å²) in [7, 11) is -0.278. The van der Waals surface area contributed by atoms with E-state index in [0.717, 1.165) is 6.07 Å². The molecule has 0 N–H and O–H groups in total. The Kier molecular flexibility index (Phi) is 5.00. The second kappa shape index (κ2) is 6.48. The van der Waals surface area contributed by atoms with Crippen LogP contribution in [0.4, 0.5) is 17.6 Å². The van der Waals surface area contributed by atoms with E-state index in [1.807, 2.05) is 0 Å². The lowest BCUT2D eigenvalue weighted by Crippen LogP contribution is -2.48. The highest BCUT2D eigenvalue weighted by Gasteiger charge is 2.39. The van der Waals surface area contributed by atoms with Crippen molar-refractivity contribution >= 4 is 40.4 Å².